The van der Waals surface area contributed by atoms with Crippen LogP contribution in [-0.2, 0) is 9.09 Å². The molecule has 0 aliphatic rings. The van der Waals surface area contributed by atoms with Gasteiger partial charge in [0.05, 0.1) is 25.1 Å². The summed E-state index contributed by atoms with van der Waals surface area (Å²) in [4.78, 5) is 4.14. The quantitative estimate of drug-likeness (QED) is 0.556. The average Bonchev–Trinajstić information content (AvgIpc) is 2.62. The summed E-state index contributed by atoms with van der Waals surface area (Å²) in [5.74, 6) is 0.923. The molecule has 0 fully saturated rings. The van der Waals surface area contributed by atoms with Gasteiger partial charge in [0.15, 0.2) is 17.2 Å². The van der Waals surface area contributed by atoms with Crippen molar-refractivity contribution in [2.45, 2.75) is 53.3 Å². The van der Waals surface area contributed by atoms with Crippen molar-refractivity contribution >= 4 is 7.60 Å². The van der Waals surface area contributed by atoms with Crippen LogP contribution >= 0.6 is 7.60 Å². The highest BCUT2D eigenvalue weighted by atomic mass is 31.2. The van der Waals surface area contributed by atoms with Gasteiger partial charge >= 0.3 is 7.60 Å². The molecule has 0 spiro atoms. The lowest BCUT2D eigenvalue weighted by atomic mass is 10.0. The molecule has 0 amide bonds. The summed E-state index contributed by atoms with van der Waals surface area (Å²) in [6, 6.07) is 5.31. The second-order valence-electron chi connectivity index (χ2n) is 7.49. The Morgan fingerprint density at radius 2 is 1.79 bits per heavy atom. The molecule has 2 atom stereocenters. The molecule has 1 heterocycles. The van der Waals surface area contributed by atoms with E-state index in [0.717, 1.165) is 5.56 Å². The van der Waals surface area contributed by atoms with E-state index in [1.165, 1.54) is 13.3 Å². The second kappa shape index (κ2) is 8.97. The summed E-state index contributed by atoms with van der Waals surface area (Å²) >= 11 is 0. The molecule has 0 aliphatic carbocycles. The first-order chi connectivity index (χ1) is 13.1. The zero-order valence-electron chi connectivity index (χ0n) is 17.6. The molecule has 1 aromatic carbocycles. The van der Waals surface area contributed by atoms with Crippen LogP contribution in [0.25, 0.3) is 11.1 Å². The van der Waals surface area contributed by atoms with E-state index < -0.39 is 7.60 Å². The fourth-order valence-corrected chi connectivity index (χ4v) is 4.89. The van der Waals surface area contributed by atoms with Crippen molar-refractivity contribution in [2.24, 2.45) is 5.92 Å². The van der Waals surface area contributed by atoms with Crippen LogP contribution < -0.4 is 9.26 Å². The lowest BCUT2D eigenvalue weighted by Crippen LogP contribution is -2.19. The molecule has 154 valence electrons. The molecule has 7 heteroatoms. The van der Waals surface area contributed by atoms with Gasteiger partial charge in [0.2, 0.25) is 0 Å². The highest BCUT2D eigenvalue weighted by Gasteiger charge is 2.38. The Kier molecular flexibility index (Phi) is 7.13. The molecule has 0 aliphatic heterocycles. The van der Waals surface area contributed by atoms with Crippen LogP contribution in [0.2, 0.25) is 0 Å². The average molecular weight is 407 g/mol. The first kappa shape index (κ1) is 22.3. The van der Waals surface area contributed by atoms with E-state index in [1.54, 1.807) is 25.3 Å². The van der Waals surface area contributed by atoms with Crippen LogP contribution in [0.4, 0.5) is 0 Å². The zero-order valence-corrected chi connectivity index (χ0v) is 18.5. The van der Waals surface area contributed by atoms with Gasteiger partial charge in [-0.15, -0.1) is 0 Å². The minimum atomic E-state index is -3.45. The maximum atomic E-state index is 13.6. The predicted molar refractivity (Wildman–Crippen MR) is 111 cm³/mol. The zero-order chi connectivity index (χ0) is 21.1. The number of hydrogen-bond acceptors (Lipinski definition) is 6. The molecular weight excluding hydrogens is 377 g/mol. The first-order valence-electron chi connectivity index (χ1n) is 9.38. The Bertz CT molecular complexity index is 866. The Balaban J connectivity index is 2.54. The standard InChI is InChI=1S/C21H30NO5P/c1-13(2)16(6)28(24,26-14(3)4)27-20-12-22-9-8-18(20)17-10-15(5)21(23)19(11-17)25-7/h8-14,16,23H,1-7H3. The lowest BCUT2D eigenvalue weighted by Gasteiger charge is -2.29. The van der Waals surface area contributed by atoms with E-state index in [4.69, 9.17) is 13.8 Å². The normalized spacial score (nSPS) is 14.8. The number of ether oxygens (including phenoxy) is 1. The molecule has 6 nitrogen and oxygen atoms in total. The molecule has 0 saturated heterocycles. The number of methoxy groups -OCH3 is 1. The number of aromatic hydroxyl groups is 1. The molecule has 0 radical (unpaired) electrons. The Morgan fingerprint density at radius 1 is 1.11 bits per heavy atom. The summed E-state index contributed by atoms with van der Waals surface area (Å²) in [6.07, 6.45) is 2.92. The number of nitrogens with zero attached hydrogens (tertiary/aromatic N) is 1. The number of benzene rings is 1. The largest absolute Gasteiger partial charge is 0.504 e. The SMILES string of the molecule is COc1cc(-c2ccncc2OP(=O)(OC(C)C)C(C)C(C)C)cc(C)c1O. The number of hydrogen-bond donors (Lipinski definition) is 1. The Labute approximate surface area is 167 Å². The van der Waals surface area contributed by atoms with Crippen LogP contribution in [0, 0.1) is 12.8 Å². The number of phenolic OH excluding ortho intramolecular Hbond substituents is 1. The molecule has 0 saturated carbocycles. The number of phenols is 1. The molecule has 1 N–H and O–H groups in total. The summed E-state index contributed by atoms with van der Waals surface area (Å²) < 4.78 is 30.7. The van der Waals surface area contributed by atoms with E-state index in [2.05, 4.69) is 4.98 Å². The minimum Gasteiger partial charge on any atom is -0.504 e. The van der Waals surface area contributed by atoms with Crippen molar-refractivity contribution in [3.05, 3.63) is 36.2 Å². The van der Waals surface area contributed by atoms with E-state index in [-0.39, 0.29) is 23.4 Å². The summed E-state index contributed by atoms with van der Waals surface area (Å²) in [5, 5.41) is 10.1. The number of rotatable bonds is 8. The predicted octanol–water partition coefficient (Wildman–Crippen LogP) is 5.81. The molecular formula is C21H30NO5P. The van der Waals surface area contributed by atoms with Crippen LogP contribution in [-0.4, -0.2) is 29.0 Å². The molecule has 28 heavy (non-hydrogen) atoms. The van der Waals surface area contributed by atoms with E-state index in [9.17, 15) is 9.67 Å². The van der Waals surface area contributed by atoms with Gasteiger partial charge < -0.3 is 14.4 Å². The van der Waals surface area contributed by atoms with Crippen molar-refractivity contribution in [1.29, 1.82) is 0 Å². The smallest absolute Gasteiger partial charge is 0.382 e. The van der Waals surface area contributed by atoms with Gasteiger partial charge in [-0.1, -0.05) is 13.8 Å². The molecule has 0 bridgehead atoms. The van der Waals surface area contributed by atoms with Crippen LogP contribution in [0.3, 0.4) is 0 Å². The summed E-state index contributed by atoms with van der Waals surface area (Å²) in [6.45, 7) is 11.3. The highest BCUT2D eigenvalue weighted by molar-refractivity contribution is 7.55. The van der Waals surface area contributed by atoms with Gasteiger partial charge in [-0.2, -0.15) is 0 Å². The van der Waals surface area contributed by atoms with Gasteiger partial charge in [-0.25, -0.2) is 4.57 Å². The molecule has 2 rings (SSSR count). The maximum Gasteiger partial charge on any atom is 0.382 e. The van der Waals surface area contributed by atoms with Crippen LogP contribution in [0.15, 0.2) is 30.6 Å². The number of pyridine rings is 1. The third kappa shape index (κ3) is 4.86. The van der Waals surface area contributed by atoms with Gasteiger partial charge in [-0.05, 0) is 62.9 Å². The summed E-state index contributed by atoms with van der Waals surface area (Å²) in [5.41, 5.74) is 1.83. The van der Waals surface area contributed by atoms with E-state index in [1.807, 2.05) is 40.7 Å². The molecule has 2 aromatic rings. The van der Waals surface area contributed by atoms with E-state index in [0.29, 0.717) is 22.6 Å². The molecule has 2 unspecified atom stereocenters. The van der Waals surface area contributed by atoms with Gasteiger partial charge in [0.25, 0.3) is 0 Å². The second-order valence-corrected chi connectivity index (χ2v) is 9.77. The fraction of sp³-hybridized carbons (Fsp3) is 0.476. The van der Waals surface area contributed by atoms with Crippen molar-refractivity contribution in [3.63, 3.8) is 0 Å². The highest BCUT2D eigenvalue weighted by Crippen LogP contribution is 2.57. The Hall–Kier alpha value is -2.04. The van der Waals surface area contributed by atoms with Crippen molar-refractivity contribution in [2.75, 3.05) is 7.11 Å². The van der Waals surface area contributed by atoms with Gasteiger partial charge in [0.1, 0.15) is 0 Å². The van der Waals surface area contributed by atoms with Crippen molar-refractivity contribution in [3.8, 4) is 28.4 Å². The monoisotopic (exact) mass is 407 g/mol. The van der Waals surface area contributed by atoms with Gasteiger partial charge in [-0.3, -0.25) is 9.51 Å². The van der Waals surface area contributed by atoms with Crippen molar-refractivity contribution in [1.82, 2.24) is 4.98 Å². The fourth-order valence-electron chi connectivity index (χ4n) is 2.75. The van der Waals surface area contributed by atoms with E-state index >= 15 is 0 Å². The minimum absolute atomic E-state index is 0.0880. The molecule has 1 aromatic heterocycles. The van der Waals surface area contributed by atoms with Crippen LogP contribution in [0.1, 0.15) is 40.2 Å². The van der Waals surface area contributed by atoms with Crippen molar-refractivity contribution < 1.29 is 23.5 Å². The topological polar surface area (TPSA) is 77.9 Å². The maximum absolute atomic E-state index is 13.6. The number of aromatic nitrogens is 1. The Morgan fingerprint density at radius 3 is 2.36 bits per heavy atom. The lowest BCUT2D eigenvalue weighted by molar-refractivity contribution is 0.199. The van der Waals surface area contributed by atoms with Gasteiger partial charge in [0, 0.05) is 11.8 Å². The van der Waals surface area contributed by atoms with Crippen LogP contribution in [0.5, 0.6) is 17.2 Å². The summed E-state index contributed by atoms with van der Waals surface area (Å²) in [7, 11) is -1.96. The number of aryl methyl sites for hydroxylation is 1. The third-order valence-corrected chi connectivity index (χ3v) is 7.39. The third-order valence-electron chi connectivity index (χ3n) is 4.63. The first-order valence-corrected chi connectivity index (χ1v) is 11.0.